The molecule has 0 aromatic heterocycles. The number of benzene rings is 1. The summed E-state index contributed by atoms with van der Waals surface area (Å²) in [7, 11) is 0. The average molecular weight is 354 g/mol. The zero-order valence-corrected chi connectivity index (χ0v) is 13.7. The van der Waals surface area contributed by atoms with Crippen molar-refractivity contribution < 1.29 is 4.74 Å². The SMILES string of the molecule is CCCC(CCl)(CCl)CCOc1ccc(Br)cc1. The van der Waals surface area contributed by atoms with Gasteiger partial charge in [-0.05, 0) is 37.1 Å². The van der Waals surface area contributed by atoms with Crippen LogP contribution < -0.4 is 4.74 Å². The monoisotopic (exact) mass is 352 g/mol. The molecule has 0 N–H and O–H groups in total. The Morgan fingerprint density at radius 3 is 2.22 bits per heavy atom. The van der Waals surface area contributed by atoms with Crippen molar-refractivity contribution in [3.8, 4) is 5.75 Å². The normalized spacial score (nSPS) is 11.6. The summed E-state index contributed by atoms with van der Waals surface area (Å²) in [5, 5.41) is 0. The summed E-state index contributed by atoms with van der Waals surface area (Å²) in [5.41, 5.74) is 0.00717. The number of ether oxygens (including phenoxy) is 1. The van der Waals surface area contributed by atoms with Crippen molar-refractivity contribution in [3.05, 3.63) is 28.7 Å². The number of alkyl halides is 2. The van der Waals surface area contributed by atoms with Gasteiger partial charge in [0.2, 0.25) is 0 Å². The van der Waals surface area contributed by atoms with Crippen molar-refractivity contribution in [2.75, 3.05) is 18.4 Å². The first-order chi connectivity index (χ1) is 8.65. The molecule has 0 saturated heterocycles. The highest BCUT2D eigenvalue weighted by Crippen LogP contribution is 2.31. The van der Waals surface area contributed by atoms with Gasteiger partial charge in [0.1, 0.15) is 5.75 Å². The maximum atomic E-state index is 6.06. The molecule has 4 heteroatoms. The molecule has 0 amide bonds. The number of halogens is 3. The largest absolute Gasteiger partial charge is 0.494 e. The van der Waals surface area contributed by atoms with E-state index < -0.39 is 0 Å². The van der Waals surface area contributed by atoms with Crippen LogP contribution in [-0.4, -0.2) is 18.4 Å². The summed E-state index contributed by atoms with van der Waals surface area (Å²) >= 11 is 15.5. The van der Waals surface area contributed by atoms with E-state index in [0.29, 0.717) is 18.4 Å². The van der Waals surface area contributed by atoms with Gasteiger partial charge in [-0.1, -0.05) is 29.3 Å². The van der Waals surface area contributed by atoms with E-state index in [2.05, 4.69) is 22.9 Å². The highest BCUT2D eigenvalue weighted by Gasteiger charge is 2.27. The van der Waals surface area contributed by atoms with Crippen LogP contribution in [0.4, 0.5) is 0 Å². The molecule has 1 rings (SSSR count). The van der Waals surface area contributed by atoms with E-state index in [-0.39, 0.29) is 5.41 Å². The zero-order chi connectivity index (χ0) is 13.4. The van der Waals surface area contributed by atoms with Crippen LogP contribution in [-0.2, 0) is 0 Å². The van der Waals surface area contributed by atoms with Gasteiger partial charge in [0.15, 0.2) is 0 Å². The van der Waals surface area contributed by atoms with Crippen molar-refractivity contribution in [1.29, 1.82) is 0 Å². The number of hydrogen-bond acceptors (Lipinski definition) is 1. The maximum Gasteiger partial charge on any atom is 0.119 e. The van der Waals surface area contributed by atoms with Crippen LogP contribution in [0, 0.1) is 5.41 Å². The predicted molar refractivity (Wildman–Crippen MR) is 83.0 cm³/mol. The molecule has 0 fully saturated rings. The molecule has 0 aliphatic heterocycles. The van der Waals surface area contributed by atoms with Gasteiger partial charge in [-0.15, -0.1) is 23.2 Å². The fourth-order valence-corrected chi connectivity index (χ4v) is 2.96. The standard InChI is InChI=1S/C14H19BrCl2O/c1-2-7-14(10-16,11-17)8-9-18-13-5-3-12(15)4-6-13/h3-6H,2,7-11H2,1H3. The summed E-state index contributed by atoms with van der Waals surface area (Å²) < 4.78 is 6.78. The van der Waals surface area contributed by atoms with Crippen molar-refractivity contribution in [3.63, 3.8) is 0 Å². The Kier molecular flexibility index (Phi) is 7.43. The Morgan fingerprint density at radius 1 is 1.11 bits per heavy atom. The predicted octanol–water partition coefficient (Wildman–Crippen LogP) is 5.48. The van der Waals surface area contributed by atoms with Crippen molar-refractivity contribution in [2.45, 2.75) is 26.2 Å². The van der Waals surface area contributed by atoms with Gasteiger partial charge in [-0.25, -0.2) is 0 Å². The topological polar surface area (TPSA) is 9.23 Å². The van der Waals surface area contributed by atoms with Crippen molar-refractivity contribution >= 4 is 39.1 Å². The second-order valence-electron chi connectivity index (χ2n) is 4.57. The first kappa shape index (κ1) is 16.1. The van der Waals surface area contributed by atoms with Crippen LogP contribution >= 0.6 is 39.1 Å². The minimum absolute atomic E-state index is 0.00717. The minimum atomic E-state index is 0.00717. The van der Waals surface area contributed by atoms with E-state index in [4.69, 9.17) is 27.9 Å². The molecule has 0 saturated carbocycles. The van der Waals surface area contributed by atoms with Crippen LogP contribution in [0.1, 0.15) is 26.2 Å². The molecule has 0 aliphatic carbocycles. The molecule has 0 atom stereocenters. The highest BCUT2D eigenvalue weighted by molar-refractivity contribution is 9.10. The Labute approximate surface area is 128 Å². The van der Waals surface area contributed by atoms with Crippen LogP contribution in [0.5, 0.6) is 5.75 Å². The molecule has 0 bridgehead atoms. The lowest BCUT2D eigenvalue weighted by atomic mass is 9.84. The van der Waals surface area contributed by atoms with Gasteiger partial charge in [0.25, 0.3) is 0 Å². The third-order valence-corrected chi connectivity index (χ3v) is 4.72. The van der Waals surface area contributed by atoms with Gasteiger partial charge in [-0.3, -0.25) is 0 Å². The first-order valence-corrected chi connectivity index (χ1v) is 8.02. The fraction of sp³-hybridized carbons (Fsp3) is 0.571. The quantitative estimate of drug-likeness (QED) is 0.562. The first-order valence-electron chi connectivity index (χ1n) is 6.16. The van der Waals surface area contributed by atoms with Gasteiger partial charge in [0, 0.05) is 21.6 Å². The van der Waals surface area contributed by atoms with E-state index in [9.17, 15) is 0 Å². The Morgan fingerprint density at radius 2 is 1.72 bits per heavy atom. The van der Waals surface area contributed by atoms with Gasteiger partial charge in [0.05, 0.1) is 6.61 Å². The summed E-state index contributed by atoms with van der Waals surface area (Å²) in [5.74, 6) is 2.06. The highest BCUT2D eigenvalue weighted by atomic mass is 79.9. The van der Waals surface area contributed by atoms with Gasteiger partial charge >= 0.3 is 0 Å². The number of rotatable bonds is 8. The molecule has 18 heavy (non-hydrogen) atoms. The van der Waals surface area contributed by atoms with E-state index >= 15 is 0 Å². The minimum Gasteiger partial charge on any atom is -0.494 e. The summed E-state index contributed by atoms with van der Waals surface area (Å²) in [6, 6.07) is 7.84. The van der Waals surface area contributed by atoms with E-state index in [1.54, 1.807) is 0 Å². The van der Waals surface area contributed by atoms with Crippen LogP contribution in [0.25, 0.3) is 0 Å². The zero-order valence-electron chi connectivity index (χ0n) is 10.6. The molecule has 0 spiro atoms. The Balaban J connectivity index is 2.45. The molecule has 1 aromatic carbocycles. The van der Waals surface area contributed by atoms with Crippen molar-refractivity contribution in [1.82, 2.24) is 0 Å². The van der Waals surface area contributed by atoms with E-state index in [1.165, 1.54) is 0 Å². The molecule has 0 radical (unpaired) electrons. The lowest BCUT2D eigenvalue weighted by Gasteiger charge is -2.29. The number of hydrogen-bond donors (Lipinski definition) is 0. The average Bonchev–Trinajstić information content (AvgIpc) is 2.40. The third-order valence-electron chi connectivity index (χ3n) is 3.06. The second-order valence-corrected chi connectivity index (χ2v) is 6.02. The lowest BCUT2D eigenvalue weighted by Crippen LogP contribution is -2.27. The second kappa shape index (κ2) is 8.29. The smallest absolute Gasteiger partial charge is 0.119 e. The van der Waals surface area contributed by atoms with Crippen molar-refractivity contribution in [2.24, 2.45) is 5.41 Å². The van der Waals surface area contributed by atoms with E-state index in [1.807, 2.05) is 24.3 Å². The molecule has 102 valence electrons. The van der Waals surface area contributed by atoms with Crippen LogP contribution in [0.15, 0.2) is 28.7 Å². The molecule has 0 aliphatic rings. The Bertz CT molecular complexity index is 336. The van der Waals surface area contributed by atoms with Gasteiger partial charge in [-0.2, -0.15) is 0 Å². The molecular weight excluding hydrogens is 335 g/mol. The van der Waals surface area contributed by atoms with E-state index in [0.717, 1.165) is 29.5 Å². The third kappa shape index (κ3) is 4.99. The molecule has 0 unspecified atom stereocenters. The molecule has 0 heterocycles. The lowest BCUT2D eigenvalue weighted by molar-refractivity contribution is 0.222. The van der Waals surface area contributed by atoms with Crippen LogP contribution in [0.2, 0.25) is 0 Å². The summed E-state index contributed by atoms with van der Waals surface area (Å²) in [4.78, 5) is 0. The Hall–Kier alpha value is 0.0800. The fourth-order valence-electron chi connectivity index (χ4n) is 1.87. The summed E-state index contributed by atoms with van der Waals surface area (Å²) in [6.07, 6.45) is 3.03. The molecular formula is C14H19BrCl2O. The van der Waals surface area contributed by atoms with Gasteiger partial charge < -0.3 is 4.74 Å². The molecule has 1 aromatic rings. The summed E-state index contributed by atoms with van der Waals surface area (Å²) in [6.45, 7) is 2.81. The van der Waals surface area contributed by atoms with Crippen LogP contribution in [0.3, 0.4) is 0 Å². The molecule has 1 nitrogen and oxygen atoms in total. The maximum absolute atomic E-state index is 6.06.